The smallest absolute Gasteiger partial charge is 0.0546 e. The molecule has 6 rings (SSSR count). The minimum atomic E-state index is 0.780. The van der Waals surface area contributed by atoms with Crippen LogP contribution in [-0.4, -0.2) is 4.57 Å². The van der Waals surface area contributed by atoms with E-state index < -0.39 is 0 Å². The van der Waals surface area contributed by atoms with Gasteiger partial charge in [-0.1, -0.05) is 72.8 Å². The molecular weight excluding hydrogens is 1550 g/mol. The number of nitrogens with two attached hydrogens (primary N) is 1. The molecular formula is C28H20N2S37. The van der Waals surface area contributed by atoms with Gasteiger partial charge < -0.3 is 10.3 Å². The Kier molecular flexibility index (Phi) is 38.1. The molecule has 39 heteroatoms. The van der Waals surface area contributed by atoms with Gasteiger partial charge in [0.2, 0.25) is 0 Å². The third-order valence-electron chi connectivity index (χ3n) is 6.85. The van der Waals surface area contributed by atoms with Crippen molar-refractivity contribution in [1.82, 2.24) is 4.57 Å². The van der Waals surface area contributed by atoms with Gasteiger partial charge in [0.25, 0.3) is 0 Å². The Bertz CT molecular complexity index is 4300. The van der Waals surface area contributed by atoms with Crippen LogP contribution >= 0.6 is 0 Å². The average molecular weight is 1570 g/mol. The van der Waals surface area contributed by atoms with E-state index in [1.54, 1.807) is 107 Å². The molecule has 2 nitrogen and oxygen atoms in total. The van der Waals surface area contributed by atoms with Crippen LogP contribution in [0.1, 0.15) is 0 Å². The van der Waals surface area contributed by atoms with Crippen molar-refractivity contribution in [2.45, 2.75) is 0 Å². The fourth-order valence-electron chi connectivity index (χ4n) is 4.87. The number of nitrogens with zero attached hydrogens (tertiary/aromatic N) is 1. The maximum atomic E-state index is 5.92. The van der Waals surface area contributed by atoms with Gasteiger partial charge in [0, 0.05) is 355 Å². The first kappa shape index (κ1) is 61.9. The van der Waals surface area contributed by atoms with Crippen LogP contribution in [0.2, 0.25) is 0 Å². The largest absolute Gasteiger partial charge is 0.399 e. The van der Waals surface area contributed by atoms with Crippen molar-refractivity contribution in [2.24, 2.45) is 0 Å². The lowest BCUT2D eigenvalue weighted by atomic mass is 9.99. The Morgan fingerprint density at radius 2 is 0.597 bits per heavy atom. The van der Waals surface area contributed by atoms with Gasteiger partial charge in [0.15, 0.2) is 0 Å². The predicted molar refractivity (Wildman–Crippen MR) is 401 cm³/mol. The zero-order chi connectivity index (χ0) is 46.8. The Morgan fingerprint density at radius 1 is 0.299 bits per heavy atom. The van der Waals surface area contributed by atoms with Crippen molar-refractivity contribution in [3.8, 4) is 16.8 Å². The van der Waals surface area contributed by atoms with E-state index in [1.807, 2.05) is 199 Å². The van der Waals surface area contributed by atoms with E-state index in [4.69, 9.17) is 28.1 Å². The van der Waals surface area contributed by atoms with Gasteiger partial charge in [-0.15, -0.1) is 0 Å². The van der Waals surface area contributed by atoms with Crippen LogP contribution in [0.3, 0.4) is 0 Å². The third-order valence-corrected chi connectivity index (χ3v) is 82.4. The number of para-hydroxylation sites is 2. The van der Waals surface area contributed by atoms with Crippen molar-refractivity contribution in [2.75, 3.05) is 5.73 Å². The molecule has 0 radical (unpaired) electrons. The second-order valence-electron chi connectivity index (χ2n) is 10.1. The normalized spacial score (nSPS) is 9.37. The summed E-state index contributed by atoms with van der Waals surface area (Å²) < 4.78 is 2.40. The zero-order valence-electron chi connectivity index (χ0n) is 31.5. The quantitative estimate of drug-likeness (QED) is 0.188. The fourth-order valence-corrected chi connectivity index (χ4v) is 95.4. The molecule has 0 saturated heterocycles. The number of benzene rings is 5. The number of hydrogen-bond donors (Lipinski definition) is 1. The molecule has 0 aliphatic carbocycles. The monoisotopic (exact) mass is 1570 g/mol. The molecule has 5 aromatic carbocycles. The van der Waals surface area contributed by atoms with E-state index in [9.17, 15) is 0 Å². The molecule has 0 aliphatic rings. The SMILES string of the molecule is Nc1ccc(-c2cc(-n3c4ccccc4c4ccccc43)c3ccccc3c2)cc1.S=S=S=S=S=S=S=S=S=S=S=S=S=S=S=S=S=S=S=S=S=S=S=S=S=S=S=S=S=S=S=S=S=S=S=S=S. The first-order chi connectivity index (χ1) is 33.2. The summed E-state index contributed by atoms with van der Waals surface area (Å²) in [5.41, 5.74) is 12.7. The lowest BCUT2D eigenvalue weighted by molar-refractivity contribution is 1.20. The lowest BCUT2D eigenvalue weighted by Crippen LogP contribution is -1.96. The molecule has 2 N–H and O–H groups in total. The number of anilines is 1. The lowest BCUT2D eigenvalue weighted by Gasteiger charge is -2.14. The summed E-state index contributed by atoms with van der Waals surface area (Å²) in [6, 6.07) is 38.6. The Hall–Kier alpha value is 4.10. The Balaban J connectivity index is 0.000000254. The number of aromatic nitrogens is 1. The summed E-state index contributed by atoms with van der Waals surface area (Å²) in [5.74, 6) is 0. The van der Waals surface area contributed by atoms with Crippen LogP contribution in [-0.2, 0) is 333 Å². The van der Waals surface area contributed by atoms with Crippen LogP contribution in [0.25, 0.3) is 49.4 Å². The molecule has 0 fully saturated rings. The van der Waals surface area contributed by atoms with Gasteiger partial charge in [0.05, 0.1) is 16.7 Å². The summed E-state index contributed by atoms with van der Waals surface area (Å²) in [5, 5.41) is 5.01. The van der Waals surface area contributed by atoms with Crippen LogP contribution in [0.15, 0.2) is 109 Å². The zero-order valence-corrected chi connectivity index (χ0v) is 61.7. The third kappa shape index (κ3) is 25.4. The Labute approximate surface area is 496 Å². The highest BCUT2D eigenvalue weighted by Gasteiger charge is 2.15. The fraction of sp³-hybridized carbons (Fsp3) is 0. The molecule has 0 saturated carbocycles. The van der Waals surface area contributed by atoms with Crippen molar-refractivity contribution >= 4 is 371 Å². The first-order valence-electron chi connectivity index (χ1n) is 16.2. The average Bonchev–Trinajstić information content (AvgIpc) is 3.69. The predicted octanol–water partition coefficient (Wildman–Crippen LogP) is 7.10. The van der Waals surface area contributed by atoms with E-state index in [1.165, 1.54) is 61.6 Å². The number of hydrogen-bond acceptors (Lipinski definition) is 3. The van der Waals surface area contributed by atoms with E-state index in [0.717, 1.165) is 11.3 Å². The van der Waals surface area contributed by atoms with Crippen molar-refractivity contribution in [3.63, 3.8) is 0 Å². The van der Waals surface area contributed by atoms with Gasteiger partial charge in [-0.3, -0.25) is 0 Å². The summed E-state index contributed by atoms with van der Waals surface area (Å²) in [4.78, 5) is 0. The highest BCUT2D eigenvalue weighted by molar-refractivity contribution is 8.80. The van der Waals surface area contributed by atoms with Gasteiger partial charge in [0.1, 0.15) is 0 Å². The van der Waals surface area contributed by atoms with Crippen LogP contribution in [0.4, 0.5) is 5.69 Å². The summed E-state index contributed by atoms with van der Waals surface area (Å²) in [6.07, 6.45) is 0. The molecule has 0 bridgehead atoms. The number of nitrogen functional groups attached to an aromatic ring is 1. The highest BCUT2D eigenvalue weighted by atomic mass is 33.5. The highest BCUT2D eigenvalue weighted by Crippen LogP contribution is 2.37. The van der Waals surface area contributed by atoms with Crippen molar-refractivity contribution in [1.29, 1.82) is 0 Å². The van der Waals surface area contributed by atoms with E-state index in [2.05, 4.69) is 102 Å². The molecule has 0 unspecified atom stereocenters. The van der Waals surface area contributed by atoms with Gasteiger partial charge in [-0.2, -0.15) is 0 Å². The standard InChI is InChI=1S/C28H20N2.S37/c29-22-15-13-19(14-16-22)21-17-20-7-1-2-8-23(20)28(18-21)30-26-11-5-3-9-24(26)25-10-4-6-12-27(25)30;1-3-5-7-9-11-13-15-17-19-21-23-25-27-29-31-33-35-37-36-34-32-30-28-26-24-22-20-18-16-14-12-10-8-6-4-2/h1-18H,29H2;. The van der Waals surface area contributed by atoms with Crippen molar-refractivity contribution < 1.29 is 0 Å². The molecule has 67 heavy (non-hydrogen) atoms. The first-order valence-corrected chi connectivity index (χ1v) is 64.2. The van der Waals surface area contributed by atoms with E-state index >= 15 is 0 Å². The van der Waals surface area contributed by atoms with Crippen LogP contribution < -0.4 is 5.73 Å². The number of fused-ring (bicyclic) bond motifs is 4. The molecule has 0 spiro atoms. The van der Waals surface area contributed by atoms with Crippen LogP contribution in [0, 0.1) is 0 Å². The minimum absolute atomic E-state index is 0.780. The molecule has 0 aliphatic heterocycles. The van der Waals surface area contributed by atoms with Gasteiger partial charge in [-0.05, 0) is 52.9 Å². The van der Waals surface area contributed by atoms with Gasteiger partial charge in [-0.25, -0.2) is 0 Å². The summed E-state index contributed by atoms with van der Waals surface area (Å²) in [6.45, 7) is 0. The second kappa shape index (κ2) is 41.2. The van der Waals surface area contributed by atoms with E-state index in [-0.39, 0.29) is 0 Å². The summed E-state index contributed by atoms with van der Waals surface area (Å²) >= 11 is 9.60. The molecule has 1 aromatic heterocycles. The number of rotatable bonds is 2. The maximum absolute atomic E-state index is 5.92. The van der Waals surface area contributed by atoms with E-state index in [0.29, 0.717) is 0 Å². The minimum Gasteiger partial charge on any atom is -0.399 e. The van der Waals surface area contributed by atoms with Crippen LogP contribution in [0.5, 0.6) is 0 Å². The second-order valence-corrected chi connectivity index (χ2v) is 72.0. The molecule has 364 valence electrons. The van der Waals surface area contributed by atoms with Gasteiger partial charge >= 0.3 is 0 Å². The molecule has 1 heterocycles. The molecule has 0 amide bonds. The maximum Gasteiger partial charge on any atom is 0.0546 e. The summed E-state index contributed by atoms with van der Waals surface area (Å²) in [7, 11) is 61.9. The van der Waals surface area contributed by atoms with Crippen molar-refractivity contribution in [3.05, 3.63) is 109 Å². The topological polar surface area (TPSA) is 30.9 Å². The Morgan fingerprint density at radius 3 is 0.940 bits per heavy atom. The molecule has 6 aromatic rings. The molecule has 0 atom stereocenters.